The predicted octanol–water partition coefficient (Wildman–Crippen LogP) is 1.10. The molecule has 0 saturated heterocycles. The van der Waals surface area contributed by atoms with E-state index in [0.29, 0.717) is 11.4 Å². The molecular weight excluding hydrogens is 336 g/mol. The minimum Gasteiger partial charge on any atom is -0.629 e. The van der Waals surface area contributed by atoms with Crippen LogP contribution >= 0.6 is 0 Å². The summed E-state index contributed by atoms with van der Waals surface area (Å²) in [5, 5.41) is 15.7. The van der Waals surface area contributed by atoms with E-state index in [1.807, 2.05) is 0 Å². The maximum absolute atomic E-state index is 12.8. The number of dihydropyridines is 1. The van der Waals surface area contributed by atoms with Crippen LogP contribution in [0.4, 0.5) is 0 Å². The summed E-state index contributed by atoms with van der Waals surface area (Å²) < 4.78 is 10.4. The van der Waals surface area contributed by atoms with Crippen LogP contribution in [0, 0.1) is 11.1 Å². The molecule has 0 aliphatic carbocycles. The molecule has 7 heteroatoms. The molecule has 142 valence electrons. The number of nitrogens with one attached hydrogen (secondary N) is 2. The zero-order valence-corrected chi connectivity index (χ0v) is 15.8. The molecule has 2 aliphatic heterocycles. The van der Waals surface area contributed by atoms with Crippen LogP contribution in [0.5, 0.6) is 0 Å². The van der Waals surface area contributed by atoms with Crippen LogP contribution in [-0.2, 0) is 19.1 Å². The first-order chi connectivity index (χ1) is 12.3. The van der Waals surface area contributed by atoms with Crippen molar-refractivity contribution in [1.82, 2.24) is 5.32 Å². The highest BCUT2D eigenvalue weighted by Gasteiger charge is 2.50. The predicted molar refractivity (Wildman–Crippen MR) is 96.3 cm³/mol. The number of carbonyl (C=O) groups excluding carboxylic acids is 2. The van der Waals surface area contributed by atoms with Crippen molar-refractivity contribution in [2.75, 3.05) is 13.2 Å². The highest BCUT2D eigenvalue weighted by atomic mass is 16.5. The molecule has 0 aromatic rings. The molecule has 2 heterocycles. The molecule has 0 aromatic carbocycles. The molecule has 2 unspecified atom stereocenters. The van der Waals surface area contributed by atoms with Crippen molar-refractivity contribution >= 4 is 11.9 Å². The Kier molecular flexibility index (Phi) is 6.05. The monoisotopic (exact) mass is 362 g/mol. The van der Waals surface area contributed by atoms with Crippen LogP contribution in [0.25, 0.3) is 0 Å². The van der Waals surface area contributed by atoms with E-state index in [9.17, 15) is 14.8 Å². The first kappa shape index (κ1) is 19.9. The SMILES string of the molecule is CCOC(=O)C1=C(C)NC(C)=C(C(=O)OCC)C1C1(C)C=CC=C[NH+]1[O-]. The van der Waals surface area contributed by atoms with E-state index in [-0.39, 0.29) is 29.4 Å². The van der Waals surface area contributed by atoms with Gasteiger partial charge in [0.25, 0.3) is 0 Å². The first-order valence-corrected chi connectivity index (χ1v) is 8.71. The van der Waals surface area contributed by atoms with Gasteiger partial charge in [0.15, 0.2) is 0 Å². The van der Waals surface area contributed by atoms with Crippen LogP contribution in [0.3, 0.4) is 0 Å². The third-order valence-corrected chi connectivity index (χ3v) is 4.68. The normalized spacial score (nSPS) is 26.0. The largest absolute Gasteiger partial charge is 0.629 e. The van der Waals surface area contributed by atoms with Crippen LogP contribution in [-0.4, -0.2) is 30.7 Å². The Morgan fingerprint density at radius 1 is 1.12 bits per heavy atom. The van der Waals surface area contributed by atoms with Gasteiger partial charge in [-0.2, -0.15) is 0 Å². The number of ether oxygens (including phenoxy) is 2. The molecule has 7 nitrogen and oxygen atoms in total. The lowest BCUT2D eigenvalue weighted by Crippen LogP contribution is -3.13. The quantitative estimate of drug-likeness (QED) is 0.562. The molecule has 2 rings (SSSR count). The molecule has 0 radical (unpaired) electrons. The molecule has 0 bridgehead atoms. The fourth-order valence-electron chi connectivity index (χ4n) is 3.45. The van der Waals surface area contributed by atoms with Crippen molar-refractivity contribution in [2.24, 2.45) is 5.92 Å². The number of hydrogen-bond donors (Lipinski definition) is 2. The van der Waals surface area contributed by atoms with Gasteiger partial charge < -0.3 is 25.1 Å². The zero-order valence-electron chi connectivity index (χ0n) is 15.8. The van der Waals surface area contributed by atoms with Gasteiger partial charge in [0.1, 0.15) is 5.54 Å². The second-order valence-corrected chi connectivity index (χ2v) is 6.44. The van der Waals surface area contributed by atoms with Crippen molar-refractivity contribution in [3.8, 4) is 0 Å². The van der Waals surface area contributed by atoms with E-state index < -0.39 is 23.4 Å². The molecule has 0 spiro atoms. The fraction of sp³-hybridized carbons (Fsp3) is 0.474. The van der Waals surface area contributed by atoms with E-state index >= 15 is 0 Å². The van der Waals surface area contributed by atoms with Crippen molar-refractivity contribution in [3.05, 3.63) is 52.2 Å². The number of esters is 2. The average Bonchev–Trinajstić information content (AvgIpc) is 2.57. The molecule has 2 aliphatic rings. The number of quaternary nitrogens is 1. The van der Waals surface area contributed by atoms with Crippen molar-refractivity contribution < 1.29 is 24.1 Å². The smallest absolute Gasteiger partial charge is 0.336 e. The number of rotatable bonds is 5. The number of hydroxylamine groups is 2. The molecule has 2 N–H and O–H groups in total. The molecule has 2 atom stereocenters. The molecular formula is C19H26N2O5. The molecule has 26 heavy (non-hydrogen) atoms. The lowest BCUT2D eigenvalue weighted by molar-refractivity contribution is -0.846. The van der Waals surface area contributed by atoms with Gasteiger partial charge in [-0.3, -0.25) is 0 Å². The van der Waals surface area contributed by atoms with Gasteiger partial charge in [0.2, 0.25) is 0 Å². The zero-order chi connectivity index (χ0) is 19.5. The van der Waals surface area contributed by atoms with Gasteiger partial charge in [-0.25, -0.2) is 9.59 Å². The lowest BCUT2D eigenvalue weighted by Gasteiger charge is -2.45. The number of carbonyl (C=O) groups is 2. The molecule has 0 aromatic heterocycles. The second-order valence-electron chi connectivity index (χ2n) is 6.44. The second kappa shape index (κ2) is 7.88. The van der Waals surface area contributed by atoms with Crippen LogP contribution < -0.4 is 10.4 Å². The minimum absolute atomic E-state index is 0.184. The third-order valence-electron chi connectivity index (χ3n) is 4.68. The van der Waals surface area contributed by atoms with Gasteiger partial charge in [-0.1, -0.05) is 6.08 Å². The Morgan fingerprint density at radius 3 is 2.04 bits per heavy atom. The van der Waals surface area contributed by atoms with Crippen LogP contribution in [0.15, 0.2) is 47.0 Å². The molecule has 0 saturated carbocycles. The fourth-order valence-corrected chi connectivity index (χ4v) is 3.45. The summed E-state index contributed by atoms with van der Waals surface area (Å²) >= 11 is 0. The van der Waals surface area contributed by atoms with E-state index in [1.54, 1.807) is 52.8 Å². The van der Waals surface area contributed by atoms with Gasteiger partial charge in [0, 0.05) is 11.4 Å². The minimum atomic E-state index is -1.09. The Bertz CT molecular complexity index is 679. The number of allylic oxidation sites excluding steroid dienone is 4. The van der Waals surface area contributed by atoms with E-state index in [0.717, 1.165) is 0 Å². The third kappa shape index (κ3) is 3.45. The highest BCUT2D eigenvalue weighted by molar-refractivity contribution is 5.98. The summed E-state index contributed by atoms with van der Waals surface area (Å²) in [6.45, 7) is 9.01. The lowest BCUT2D eigenvalue weighted by atomic mass is 9.71. The Hall–Kier alpha value is -2.38. The summed E-state index contributed by atoms with van der Waals surface area (Å²) in [5.41, 5.74) is 0.586. The van der Waals surface area contributed by atoms with E-state index in [2.05, 4.69) is 5.32 Å². The average molecular weight is 362 g/mol. The van der Waals surface area contributed by atoms with Gasteiger partial charge in [0.05, 0.1) is 36.5 Å². The van der Waals surface area contributed by atoms with Gasteiger partial charge >= 0.3 is 11.9 Å². The Balaban J connectivity index is 2.66. The van der Waals surface area contributed by atoms with Crippen molar-refractivity contribution in [1.29, 1.82) is 0 Å². The van der Waals surface area contributed by atoms with E-state index in [4.69, 9.17) is 9.47 Å². The Morgan fingerprint density at radius 2 is 1.62 bits per heavy atom. The molecule has 0 amide bonds. The summed E-state index contributed by atoms with van der Waals surface area (Å²) in [6.07, 6.45) is 6.58. The number of hydrogen-bond acceptors (Lipinski definition) is 6. The van der Waals surface area contributed by atoms with Gasteiger partial charge in [-0.15, -0.1) is 0 Å². The Labute approximate surface area is 153 Å². The maximum Gasteiger partial charge on any atom is 0.336 e. The van der Waals surface area contributed by atoms with Crippen LogP contribution in [0.1, 0.15) is 34.6 Å². The topological polar surface area (TPSA) is 92.1 Å². The molecule has 0 fully saturated rings. The first-order valence-electron chi connectivity index (χ1n) is 8.71. The van der Waals surface area contributed by atoms with Crippen molar-refractivity contribution in [2.45, 2.75) is 40.2 Å². The van der Waals surface area contributed by atoms with Crippen molar-refractivity contribution in [3.63, 3.8) is 0 Å². The van der Waals surface area contributed by atoms with E-state index in [1.165, 1.54) is 6.20 Å². The summed E-state index contributed by atoms with van der Waals surface area (Å²) in [5.74, 6) is -1.89. The summed E-state index contributed by atoms with van der Waals surface area (Å²) in [7, 11) is 0. The van der Waals surface area contributed by atoms with Gasteiger partial charge in [-0.05, 0) is 46.8 Å². The summed E-state index contributed by atoms with van der Waals surface area (Å²) in [6, 6.07) is 0. The summed E-state index contributed by atoms with van der Waals surface area (Å²) in [4.78, 5) is 25.4. The highest BCUT2D eigenvalue weighted by Crippen LogP contribution is 2.38. The standard InChI is InChI=1S/C19H26N2O5/c1-6-25-17(22)14-12(3)20-13(4)15(18(23)26-7-2)16(14)19(5)10-8-9-11-21(19)24/h8-11,16,20-21H,6-7H2,1-5H3. The van der Waals surface area contributed by atoms with Crippen LogP contribution in [0.2, 0.25) is 0 Å². The maximum atomic E-state index is 12.8.